The van der Waals surface area contributed by atoms with Crippen LogP contribution in [0.5, 0.6) is 11.5 Å². The molecule has 1 aromatic heterocycles. The Balaban J connectivity index is 1.48. The summed E-state index contributed by atoms with van der Waals surface area (Å²) < 4.78 is 7.21. The molecule has 8 nitrogen and oxygen atoms in total. The molecule has 0 radical (unpaired) electrons. The Morgan fingerprint density at radius 1 is 0.902 bits per heavy atom. The van der Waals surface area contributed by atoms with Gasteiger partial charge >= 0.3 is 0 Å². The number of nitrogens with zero attached hydrogens (tertiary/aromatic N) is 5. The molecule has 202 valence electrons. The summed E-state index contributed by atoms with van der Waals surface area (Å²) in [4.78, 5) is 12.4. The number of aliphatic imine (C=N–C) groups is 2. The number of para-hydroxylation sites is 3. The third kappa shape index (κ3) is 4.20. The number of ether oxygens (including phenoxy) is 1. The van der Waals surface area contributed by atoms with Crippen LogP contribution in [0.3, 0.4) is 0 Å². The molecule has 2 aliphatic rings. The Bertz CT molecular complexity index is 1860. The fraction of sp³-hybridized carbons (Fsp3) is 0.0938. The molecule has 2 aliphatic heterocycles. The van der Waals surface area contributed by atoms with Crippen molar-refractivity contribution >= 4 is 46.2 Å². The van der Waals surface area contributed by atoms with Gasteiger partial charge in [-0.3, -0.25) is 0 Å². The number of rotatable bonds is 4. The van der Waals surface area contributed by atoms with Gasteiger partial charge in [0.1, 0.15) is 11.5 Å². The zero-order chi connectivity index (χ0) is 28.1. The first-order valence-electron chi connectivity index (χ1n) is 13.1. The quantitative estimate of drug-likeness (QED) is 0.240. The number of amidine groups is 2. The molecule has 0 aliphatic carbocycles. The minimum Gasteiger partial charge on any atom is -0.508 e. The van der Waals surface area contributed by atoms with Gasteiger partial charge in [-0.2, -0.15) is 5.10 Å². The van der Waals surface area contributed by atoms with Gasteiger partial charge in [0.25, 0.3) is 0 Å². The Hall–Kier alpha value is -5.08. The Morgan fingerprint density at radius 2 is 1.71 bits per heavy atom. The Kier molecular flexibility index (Phi) is 5.98. The largest absolute Gasteiger partial charge is 0.508 e. The summed E-state index contributed by atoms with van der Waals surface area (Å²) in [5.74, 6) is 2.65. The molecular weight excluding hydrogens is 536 g/mol. The third-order valence-electron chi connectivity index (χ3n) is 7.24. The van der Waals surface area contributed by atoms with Gasteiger partial charge in [-0.15, -0.1) is 0 Å². The van der Waals surface area contributed by atoms with Gasteiger partial charge in [-0.25, -0.2) is 14.7 Å². The predicted octanol–water partition coefficient (Wildman–Crippen LogP) is 7.34. The van der Waals surface area contributed by atoms with Crippen molar-refractivity contribution in [3.8, 4) is 17.2 Å². The van der Waals surface area contributed by atoms with Crippen molar-refractivity contribution in [3.63, 3.8) is 0 Å². The van der Waals surface area contributed by atoms with Crippen LogP contribution in [-0.2, 0) is 0 Å². The van der Waals surface area contributed by atoms with Crippen molar-refractivity contribution in [1.29, 1.82) is 0 Å². The zero-order valence-electron chi connectivity index (χ0n) is 22.3. The lowest BCUT2D eigenvalue weighted by molar-refractivity contribution is 0.415. The summed E-state index contributed by atoms with van der Waals surface area (Å²) in [5, 5.41) is 19.4. The molecule has 0 fully saturated rings. The van der Waals surface area contributed by atoms with Crippen LogP contribution in [-0.4, -0.2) is 33.7 Å². The number of fused-ring (bicyclic) bond motifs is 4. The monoisotopic (exact) mass is 560 g/mol. The third-order valence-corrected chi connectivity index (χ3v) is 7.53. The molecule has 2 N–H and O–H groups in total. The summed E-state index contributed by atoms with van der Waals surface area (Å²) >= 11 is 6.46. The molecule has 1 unspecified atom stereocenters. The van der Waals surface area contributed by atoms with Gasteiger partial charge < -0.3 is 20.1 Å². The molecule has 1 atom stereocenters. The molecule has 0 amide bonds. The molecule has 5 aromatic rings. The van der Waals surface area contributed by atoms with E-state index in [9.17, 15) is 5.11 Å². The van der Waals surface area contributed by atoms with E-state index in [1.807, 2.05) is 90.5 Å². The number of phenolic OH excluding ortho intramolecular Hbond substituents is 1. The van der Waals surface area contributed by atoms with Crippen molar-refractivity contribution < 1.29 is 9.84 Å². The van der Waals surface area contributed by atoms with Crippen molar-refractivity contribution in [1.82, 2.24) is 9.78 Å². The number of aromatic nitrogens is 2. The summed E-state index contributed by atoms with van der Waals surface area (Å²) in [6, 6.07) is 30.4. The van der Waals surface area contributed by atoms with Gasteiger partial charge in [-0.1, -0.05) is 54.1 Å². The maximum absolute atomic E-state index is 10.5. The van der Waals surface area contributed by atoms with Gasteiger partial charge in [0.2, 0.25) is 0 Å². The number of aryl methyl sites for hydroxylation is 1. The highest BCUT2D eigenvalue weighted by Gasteiger charge is 2.41. The van der Waals surface area contributed by atoms with Gasteiger partial charge in [0.05, 0.1) is 40.9 Å². The van der Waals surface area contributed by atoms with Gasteiger partial charge in [0, 0.05) is 11.3 Å². The zero-order valence-corrected chi connectivity index (χ0v) is 23.0. The number of anilines is 2. The van der Waals surface area contributed by atoms with E-state index in [4.69, 9.17) is 31.4 Å². The second-order valence-electron chi connectivity index (χ2n) is 9.80. The maximum atomic E-state index is 10.5. The Labute approximate surface area is 241 Å². The first-order valence-corrected chi connectivity index (χ1v) is 13.5. The first-order chi connectivity index (χ1) is 20.0. The van der Waals surface area contributed by atoms with Crippen LogP contribution < -0.4 is 15.0 Å². The van der Waals surface area contributed by atoms with E-state index in [1.165, 1.54) is 0 Å². The van der Waals surface area contributed by atoms with Gasteiger partial charge in [-0.05, 0) is 67.1 Å². The lowest BCUT2D eigenvalue weighted by Crippen LogP contribution is -2.46. The van der Waals surface area contributed by atoms with Crippen LogP contribution in [0.15, 0.2) is 107 Å². The fourth-order valence-electron chi connectivity index (χ4n) is 5.44. The van der Waals surface area contributed by atoms with Gasteiger partial charge in [0.15, 0.2) is 17.5 Å². The number of hydrogen-bond donors (Lipinski definition) is 2. The molecule has 0 saturated carbocycles. The first kappa shape index (κ1) is 24.9. The van der Waals surface area contributed by atoms with Crippen LogP contribution in [0.25, 0.3) is 5.69 Å². The topological polar surface area (TPSA) is 87.3 Å². The van der Waals surface area contributed by atoms with Crippen molar-refractivity contribution in [2.24, 2.45) is 9.98 Å². The van der Waals surface area contributed by atoms with Crippen molar-refractivity contribution in [3.05, 3.63) is 119 Å². The van der Waals surface area contributed by atoms with E-state index in [1.54, 1.807) is 25.3 Å². The van der Waals surface area contributed by atoms with E-state index >= 15 is 0 Å². The minimum atomic E-state index is -0.338. The van der Waals surface area contributed by atoms with Crippen LogP contribution in [0.4, 0.5) is 22.9 Å². The average Bonchev–Trinajstić information content (AvgIpc) is 3.32. The fourth-order valence-corrected chi connectivity index (χ4v) is 5.70. The molecule has 0 bridgehead atoms. The number of hydrogen-bond acceptors (Lipinski definition) is 7. The summed E-state index contributed by atoms with van der Waals surface area (Å²) in [5.41, 5.74) is 6.02. The molecule has 7 rings (SSSR count). The normalized spacial score (nSPS) is 15.3. The predicted molar refractivity (Wildman–Crippen MR) is 163 cm³/mol. The minimum absolute atomic E-state index is 0.186. The van der Waals surface area contributed by atoms with E-state index in [0.29, 0.717) is 28.3 Å². The number of phenols is 1. The summed E-state index contributed by atoms with van der Waals surface area (Å²) in [7, 11) is 1.59. The standard InChI is InChI=1S/C32H25ClN6O2/c1-19-28-29(20-9-8-12-23(40)17-20)38-26-14-7-6-13-25(26)35-30(34-21-15-16-27(41-2)24(33)18-21)32(38)36-31(28)39(37-19)22-10-4-3-5-11-22/h3-18,29,40H,1-2H3,(H,34,35). The lowest BCUT2D eigenvalue weighted by Gasteiger charge is -2.40. The van der Waals surface area contributed by atoms with Crippen LogP contribution in [0.1, 0.15) is 22.9 Å². The lowest BCUT2D eigenvalue weighted by atomic mass is 9.93. The highest BCUT2D eigenvalue weighted by molar-refractivity contribution is 6.51. The molecular formula is C32H25ClN6O2. The van der Waals surface area contributed by atoms with E-state index in [-0.39, 0.29) is 11.8 Å². The van der Waals surface area contributed by atoms with Crippen LogP contribution >= 0.6 is 11.6 Å². The molecule has 9 heteroatoms. The number of nitrogens with one attached hydrogen (secondary N) is 1. The van der Waals surface area contributed by atoms with Crippen molar-refractivity contribution in [2.75, 3.05) is 17.3 Å². The van der Waals surface area contributed by atoms with E-state index in [2.05, 4.69) is 10.2 Å². The maximum Gasteiger partial charge on any atom is 0.179 e. The number of aromatic hydroxyl groups is 1. The smallest absolute Gasteiger partial charge is 0.179 e. The summed E-state index contributed by atoms with van der Waals surface area (Å²) in [6.07, 6.45) is 0. The Morgan fingerprint density at radius 3 is 2.49 bits per heavy atom. The van der Waals surface area contributed by atoms with E-state index < -0.39 is 0 Å². The molecule has 41 heavy (non-hydrogen) atoms. The molecule has 3 heterocycles. The molecule has 0 saturated heterocycles. The highest BCUT2D eigenvalue weighted by atomic mass is 35.5. The molecule has 0 spiro atoms. The van der Waals surface area contributed by atoms with Crippen LogP contribution in [0.2, 0.25) is 5.02 Å². The SMILES string of the molecule is COc1ccc(NC2=Nc3ccccc3N3C2=Nc2c(c(C)nn2-c2ccccc2)C3c2cccc(O)c2)cc1Cl. The number of methoxy groups -OCH3 is 1. The summed E-state index contributed by atoms with van der Waals surface area (Å²) in [6.45, 7) is 2.00. The van der Waals surface area contributed by atoms with E-state index in [0.717, 1.165) is 39.6 Å². The number of halogens is 1. The molecule has 4 aromatic carbocycles. The highest BCUT2D eigenvalue weighted by Crippen LogP contribution is 2.48. The average molecular weight is 561 g/mol. The second-order valence-corrected chi connectivity index (χ2v) is 10.2. The number of benzene rings is 4. The second kappa shape index (κ2) is 9.83. The van der Waals surface area contributed by atoms with Crippen molar-refractivity contribution in [2.45, 2.75) is 13.0 Å². The van der Waals surface area contributed by atoms with Crippen LogP contribution in [0, 0.1) is 6.92 Å².